The van der Waals surface area contributed by atoms with E-state index in [1.807, 2.05) is 46.2 Å². The Morgan fingerprint density at radius 3 is 2.64 bits per heavy atom. The Hall–Kier alpha value is -2.53. The van der Waals surface area contributed by atoms with Crippen LogP contribution in [0.2, 0.25) is 5.02 Å². The summed E-state index contributed by atoms with van der Waals surface area (Å²) in [5.74, 6) is 0.660. The zero-order valence-corrected chi connectivity index (χ0v) is 20.1. The van der Waals surface area contributed by atoms with Crippen molar-refractivity contribution >= 4 is 23.4 Å². The van der Waals surface area contributed by atoms with Crippen LogP contribution in [0.5, 0.6) is 5.75 Å². The van der Waals surface area contributed by atoms with Crippen molar-refractivity contribution in [1.29, 1.82) is 0 Å². The van der Waals surface area contributed by atoms with Gasteiger partial charge in [-0.15, -0.1) is 0 Å². The van der Waals surface area contributed by atoms with E-state index in [-0.39, 0.29) is 24.0 Å². The van der Waals surface area contributed by atoms with Gasteiger partial charge in [0.1, 0.15) is 11.9 Å². The first-order valence-electron chi connectivity index (χ1n) is 12.2. The number of nitrogens with zero attached hydrogens (tertiary/aromatic N) is 2. The van der Waals surface area contributed by atoms with Crippen LogP contribution in [0.3, 0.4) is 0 Å². The summed E-state index contributed by atoms with van der Waals surface area (Å²) in [4.78, 5) is 30.9. The number of fused-ring (bicyclic) bond motifs is 2. The van der Waals surface area contributed by atoms with E-state index in [4.69, 9.17) is 16.3 Å². The molecule has 2 aliphatic rings. The number of rotatable bonds is 3. The minimum Gasteiger partial charge on any atom is -0.487 e. The van der Waals surface area contributed by atoms with E-state index < -0.39 is 0 Å². The van der Waals surface area contributed by atoms with E-state index in [0.29, 0.717) is 41.5 Å². The molecule has 2 aromatic carbocycles. The number of carbonyl (C=O) groups excluding carboxylic acids is 2. The molecule has 2 amide bonds. The Kier molecular flexibility index (Phi) is 7.92. The summed E-state index contributed by atoms with van der Waals surface area (Å²) in [6.45, 7) is 4.12. The summed E-state index contributed by atoms with van der Waals surface area (Å²) < 4.78 is 6.54. The number of hydrogen-bond acceptors (Lipinski definition) is 3. The van der Waals surface area contributed by atoms with Crippen molar-refractivity contribution in [2.45, 2.75) is 64.0 Å². The topological polar surface area (TPSA) is 49.9 Å². The van der Waals surface area contributed by atoms with Crippen LogP contribution in [0.1, 0.15) is 72.6 Å². The average molecular weight is 469 g/mol. The van der Waals surface area contributed by atoms with E-state index >= 15 is 0 Å². The van der Waals surface area contributed by atoms with Crippen molar-refractivity contribution in [3.05, 3.63) is 64.7 Å². The predicted molar refractivity (Wildman–Crippen MR) is 131 cm³/mol. The van der Waals surface area contributed by atoms with Crippen LogP contribution < -0.4 is 4.74 Å². The fourth-order valence-corrected chi connectivity index (χ4v) is 5.22. The highest BCUT2D eigenvalue weighted by atomic mass is 35.5. The molecule has 0 spiro atoms. The molecule has 2 atom stereocenters. The fourth-order valence-electron chi connectivity index (χ4n) is 5.03. The highest BCUT2D eigenvalue weighted by Crippen LogP contribution is 2.31. The van der Waals surface area contributed by atoms with Crippen LogP contribution in [0.15, 0.2) is 48.5 Å². The van der Waals surface area contributed by atoms with Gasteiger partial charge in [0, 0.05) is 30.2 Å². The third kappa shape index (κ3) is 5.52. The summed E-state index contributed by atoms with van der Waals surface area (Å²) in [6.07, 6.45) is 6.33. The van der Waals surface area contributed by atoms with Crippen LogP contribution in [-0.2, 0) is 0 Å². The smallest absolute Gasteiger partial charge is 0.257 e. The zero-order chi connectivity index (χ0) is 23.2. The quantitative estimate of drug-likeness (QED) is 0.570. The third-order valence-corrected chi connectivity index (χ3v) is 6.89. The van der Waals surface area contributed by atoms with Crippen LogP contribution in [0.25, 0.3) is 0 Å². The molecule has 2 aromatic rings. The molecule has 0 radical (unpaired) electrons. The number of ether oxygens (including phenoxy) is 1. The van der Waals surface area contributed by atoms with Gasteiger partial charge in [0.2, 0.25) is 0 Å². The summed E-state index contributed by atoms with van der Waals surface area (Å²) >= 11 is 6.19. The zero-order valence-electron chi connectivity index (χ0n) is 19.3. The molecule has 0 bridgehead atoms. The van der Waals surface area contributed by atoms with Gasteiger partial charge >= 0.3 is 0 Å². The van der Waals surface area contributed by atoms with Crippen LogP contribution >= 0.6 is 11.6 Å². The van der Waals surface area contributed by atoms with Gasteiger partial charge in [-0.3, -0.25) is 9.59 Å². The molecule has 1 fully saturated rings. The Morgan fingerprint density at radius 1 is 1.03 bits per heavy atom. The molecule has 5 nitrogen and oxygen atoms in total. The number of para-hydroxylation sites is 1. The lowest BCUT2D eigenvalue weighted by Crippen LogP contribution is -2.51. The van der Waals surface area contributed by atoms with E-state index in [9.17, 15) is 9.59 Å². The average Bonchev–Trinajstić information content (AvgIpc) is 2.83. The van der Waals surface area contributed by atoms with Crippen LogP contribution in [-0.4, -0.2) is 53.4 Å². The van der Waals surface area contributed by atoms with Crippen LogP contribution in [0.4, 0.5) is 0 Å². The first-order valence-corrected chi connectivity index (χ1v) is 12.6. The number of amides is 2. The van der Waals surface area contributed by atoms with E-state index in [1.54, 1.807) is 12.1 Å². The van der Waals surface area contributed by atoms with Crippen molar-refractivity contribution in [3.8, 4) is 5.75 Å². The number of hydrogen-bond donors (Lipinski definition) is 0. The molecule has 1 heterocycles. The molecule has 1 saturated carbocycles. The molecule has 6 heteroatoms. The lowest BCUT2D eigenvalue weighted by molar-refractivity contribution is 0.0259. The van der Waals surface area contributed by atoms with Crippen molar-refractivity contribution in [2.75, 3.05) is 19.6 Å². The van der Waals surface area contributed by atoms with Gasteiger partial charge in [-0.1, -0.05) is 43.1 Å². The number of carbonyl (C=O) groups is 2. The Balaban J connectivity index is 1.69. The molecular formula is C27H33ClN2O3. The SMILES string of the molecule is CCCN1CCCCN(C(=O)c2cccc(Cl)c2)[C@@H]2CCCC[C@@H]2Oc2ccccc2C1=O. The van der Waals surface area contributed by atoms with Gasteiger partial charge < -0.3 is 14.5 Å². The Morgan fingerprint density at radius 2 is 1.82 bits per heavy atom. The van der Waals surface area contributed by atoms with Gasteiger partial charge in [0.25, 0.3) is 11.8 Å². The second-order valence-corrected chi connectivity index (χ2v) is 9.45. The van der Waals surface area contributed by atoms with Gasteiger partial charge in [-0.2, -0.15) is 0 Å². The molecule has 0 unspecified atom stereocenters. The van der Waals surface area contributed by atoms with Gasteiger partial charge in [0.15, 0.2) is 0 Å². The van der Waals surface area contributed by atoms with Crippen molar-refractivity contribution in [1.82, 2.24) is 9.80 Å². The lowest BCUT2D eigenvalue weighted by Gasteiger charge is -2.40. The van der Waals surface area contributed by atoms with Crippen LogP contribution in [0, 0.1) is 0 Å². The molecular weight excluding hydrogens is 436 g/mol. The van der Waals surface area contributed by atoms with Crippen molar-refractivity contribution in [3.63, 3.8) is 0 Å². The van der Waals surface area contributed by atoms with Gasteiger partial charge in [0.05, 0.1) is 11.6 Å². The minimum absolute atomic E-state index is 0.00448. The Bertz CT molecular complexity index is 979. The molecule has 0 saturated heterocycles. The molecule has 1 aliphatic carbocycles. The maximum Gasteiger partial charge on any atom is 0.257 e. The third-order valence-electron chi connectivity index (χ3n) is 6.65. The summed E-state index contributed by atoms with van der Waals surface area (Å²) in [6, 6.07) is 14.7. The van der Waals surface area contributed by atoms with E-state index in [2.05, 4.69) is 6.92 Å². The second-order valence-electron chi connectivity index (χ2n) is 9.01. The van der Waals surface area contributed by atoms with Gasteiger partial charge in [-0.25, -0.2) is 0 Å². The van der Waals surface area contributed by atoms with E-state index in [0.717, 1.165) is 44.9 Å². The summed E-state index contributed by atoms with van der Waals surface area (Å²) in [5, 5.41) is 0.564. The normalized spacial score (nSPS) is 21.8. The standard InChI is InChI=1S/C27H33ClN2O3/c1-2-16-29-17-7-8-18-30(26(31)20-10-9-11-21(28)19-20)23-13-4-6-15-25(23)33-24-14-5-3-12-22(24)27(29)32/h3,5,9-12,14,19,23,25H,2,4,6-8,13,15-18H2,1H3/t23-,25+/m1/s1. The van der Waals surface area contributed by atoms with E-state index in [1.165, 1.54) is 0 Å². The highest BCUT2D eigenvalue weighted by molar-refractivity contribution is 6.30. The maximum absolute atomic E-state index is 13.6. The monoisotopic (exact) mass is 468 g/mol. The van der Waals surface area contributed by atoms with Crippen molar-refractivity contribution in [2.24, 2.45) is 0 Å². The second kappa shape index (κ2) is 11.1. The number of benzene rings is 2. The molecule has 1 aliphatic heterocycles. The first-order chi connectivity index (χ1) is 16.1. The molecule has 0 N–H and O–H groups in total. The predicted octanol–water partition coefficient (Wildman–Crippen LogP) is 5.82. The summed E-state index contributed by atoms with van der Waals surface area (Å²) in [7, 11) is 0. The largest absolute Gasteiger partial charge is 0.487 e. The Labute approximate surface area is 201 Å². The number of halogens is 1. The van der Waals surface area contributed by atoms with Gasteiger partial charge in [-0.05, 0) is 68.9 Å². The van der Waals surface area contributed by atoms with Crippen molar-refractivity contribution < 1.29 is 14.3 Å². The molecule has 4 rings (SSSR count). The molecule has 0 aromatic heterocycles. The first kappa shape index (κ1) is 23.6. The minimum atomic E-state index is -0.144. The summed E-state index contributed by atoms with van der Waals surface area (Å²) in [5.41, 5.74) is 1.23. The fraction of sp³-hybridized carbons (Fsp3) is 0.481. The highest BCUT2D eigenvalue weighted by Gasteiger charge is 2.36. The molecule has 176 valence electrons. The molecule has 33 heavy (non-hydrogen) atoms. The maximum atomic E-state index is 13.6. The lowest BCUT2D eigenvalue weighted by atomic mass is 9.90.